The molecule has 2 atom stereocenters. The number of carbonyl (C=O) groups excluding carboxylic acids is 1. The van der Waals surface area contributed by atoms with Gasteiger partial charge in [-0.25, -0.2) is 8.78 Å². The first-order chi connectivity index (χ1) is 14.5. The van der Waals surface area contributed by atoms with Gasteiger partial charge in [0.2, 0.25) is 5.91 Å². The van der Waals surface area contributed by atoms with Crippen LogP contribution in [0.15, 0.2) is 66.9 Å². The van der Waals surface area contributed by atoms with E-state index in [1.165, 1.54) is 18.3 Å². The number of hydrogen-bond donors (Lipinski definition) is 2. The smallest absolute Gasteiger partial charge is 0.241 e. The zero-order chi connectivity index (χ0) is 21.5. The highest BCUT2D eigenvalue weighted by Gasteiger charge is 2.24. The lowest BCUT2D eigenvalue weighted by molar-refractivity contribution is -0.123. The molecule has 0 aliphatic heterocycles. The van der Waals surface area contributed by atoms with E-state index in [1.54, 1.807) is 32.2 Å². The molecule has 4 nitrogen and oxygen atoms in total. The first-order valence-electron chi connectivity index (χ1n) is 9.87. The molecule has 1 amide bonds. The van der Waals surface area contributed by atoms with Crippen molar-refractivity contribution < 1.29 is 13.6 Å². The number of aryl methyl sites for hydroxylation is 2. The molecule has 2 aromatic carbocycles. The van der Waals surface area contributed by atoms with Crippen LogP contribution in [0.4, 0.5) is 8.78 Å². The van der Waals surface area contributed by atoms with Gasteiger partial charge in [0.1, 0.15) is 17.7 Å². The van der Waals surface area contributed by atoms with E-state index in [4.69, 9.17) is 0 Å². The van der Waals surface area contributed by atoms with Gasteiger partial charge in [-0.2, -0.15) is 0 Å². The van der Waals surface area contributed by atoms with Crippen molar-refractivity contribution in [3.8, 4) is 0 Å². The standard InChI is InChI=1S/C24H25F2N3O/c1-16-14-18(8-12-21(16)26)22(13-11-20-10-9-19(25)15-28-20)29-23(24(30)27-2)17-6-4-3-5-7-17/h3-10,12,14-15,22-23,29H,11,13H2,1-2H3,(H,27,30)/t22-,23-/m1/s1. The number of halogens is 2. The first kappa shape index (κ1) is 21.6. The van der Waals surface area contributed by atoms with Gasteiger partial charge in [-0.05, 0) is 54.7 Å². The molecule has 0 saturated carbocycles. The fraction of sp³-hybridized carbons (Fsp3) is 0.250. The second-order valence-electron chi connectivity index (χ2n) is 7.19. The predicted octanol–water partition coefficient (Wildman–Crippen LogP) is 4.42. The van der Waals surface area contributed by atoms with Gasteiger partial charge < -0.3 is 5.32 Å². The van der Waals surface area contributed by atoms with E-state index in [0.717, 1.165) is 16.8 Å². The molecule has 0 spiro atoms. The summed E-state index contributed by atoms with van der Waals surface area (Å²) < 4.78 is 27.0. The number of nitrogens with one attached hydrogen (secondary N) is 2. The van der Waals surface area contributed by atoms with Gasteiger partial charge in [0, 0.05) is 18.8 Å². The molecule has 0 aliphatic carbocycles. The van der Waals surface area contributed by atoms with Crippen molar-refractivity contribution in [2.45, 2.75) is 31.8 Å². The lowest BCUT2D eigenvalue weighted by Crippen LogP contribution is -2.38. The van der Waals surface area contributed by atoms with Gasteiger partial charge in [-0.1, -0.05) is 42.5 Å². The van der Waals surface area contributed by atoms with Crippen molar-refractivity contribution in [1.82, 2.24) is 15.6 Å². The van der Waals surface area contributed by atoms with E-state index in [-0.39, 0.29) is 23.6 Å². The maximum absolute atomic E-state index is 13.8. The number of likely N-dealkylation sites (N-methyl/N-ethyl adjacent to an activating group) is 1. The number of hydrogen-bond acceptors (Lipinski definition) is 3. The van der Waals surface area contributed by atoms with E-state index in [2.05, 4.69) is 15.6 Å². The van der Waals surface area contributed by atoms with Crippen LogP contribution in [0.5, 0.6) is 0 Å². The highest BCUT2D eigenvalue weighted by atomic mass is 19.1. The summed E-state index contributed by atoms with van der Waals surface area (Å²) in [5.41, 5.74) is 3.00. The van der Waals surface area contributed by atoms with Gasteiger partial charge in [0.05, 0.1) is 6.20 Å². The minimum absolute atomic E-state index is 0.162. The Balaban J connectivity index is 1.89. The number of carbonyl (C=O) groups is 1. The third-order valence-electron chi connectivity index (χ3n) is 5.07. The van der Waals surface area contributed by atoms with Crippen LogP contribution >= 0.6 is 0 Å². The fourth-order valence-electron chi connectivity index (χ4n) is 3.39. The summed E-state index contributed by atoms with van der Waals surface area (Å²) in [5, 5.41) is 6.13. The summed E-state index contributed by atoms with van der Waals surface area (Å²) in [6.45, 7) is 1.71. The first-order valence-corrected chi connectivity index (χ1v) is 9.87. The highest BCUT2D eigenvalue weighted by molar-refractivity contribution is 5.83. The largest absolute Gasteiger partial charge is 0.358 e. The number of pyridine rings is 1. The van der Waals surface area contributed by atoms with Crippen molar-refractivity contribution in [2.24, 2.45) is 0 Å². The fourth-order valence-corrected chi connectivity index (χ4v) is 3.39. The molecule has 2 N–H and O–H groups in total. The van der Waals surface area contributed by atoms with Crippen LogP contribution in [-0.2, 0) is 11.2 Å². The lowest BCUT2D eigenvalue weighted by atomic mass is 9.96. The third-order valence-corrected chi connectivity index (χ3v) is 5.07. The monoisotopic (exact) mass is 409 g/mol. The average Bonchev–Trinajstić information content (AvgIpc) is 2.77. The quantitative estimate of drug-likeness (QED) is 0.579. The number of benzene rings is 2. The number of nitrogens with zero attached hydrogens (tertiary/aromatic N) is 1. The van der Waals surface area contributed by atoms with Crippen molar-refractivity contribution >= 4 is 5.91 Å². The molecule has 6 heteroatoms. The summed E-state index contributed by atoms with van der Waals surface area (Å²) in [4.78, 5) is 16.7. The maximum Gasteiger partial charge on any atom is 0.241 e. The summed E-state index contributed by atoms with van der Waals surface area (Å²) in [5.74, 6) is -0.820. The molecule has 3 rings (SSSR count). The van der Waals surface area contributed by atoms with E-state index >= 15 is 0 Å². The van der Waals surface area contributed by atoms with E-state index in [1.807, 2.05) is 30.3 Å². The molecule has 1 heterocycles. The van der Waals surface area contributed by atoms with Crippen LogP contribution in [0, 0.1) is 18.6 Å². The SMILES string of the molecule is CNC(=O)[C@H](N[C@H](CCc1ccc(F)cn1)c1ccc(F)c(C)c1)c1ccccc1. The van der Waals surface area contributed by atoms with Gasteiger partial charge in [0.25, 0.3) is 0 Å². The summed E-state index contributed by atoms with van der Waals surface area (Å²) in [6, 6.07) is 16.6. The Morgan fingerprint density at radius 3 is 2.43 bits per heavy atom. The molecule has 0 unspecified atom stereocenters. The minimum atomic E-state index is -0.576. The van der Waals surface area contributed by atoms with Gasteiger partial charge in [-0.3, -0.25) is 15.1 Å². The molecule has 0 bridgehead atoms. The summed E-state index contributed by atoms with van der Waals surface area (Å²) in [7, 11) is 1.60. The lowest BCUT2D eigenvalue weighted by Gasteiger charge is -2.26. The highest BCUT2D eigenvalue weighted by Crippen LogP contribution is 2.26. The topological polar surface area (TPSA) is 54.0 Å². The second-order valence-corrected chi connectivity index (χ2v) is 7.19. The van der Waals surface area contributed by atoms with Gasteiger partial charge in [0.15, 0.2) is 0 Å². The van der Waals surface area contributed by atoms with Crippen molar-refractivity contribution in [3.63, 3.8) is 0 Å². The van der Waals surface area contributed by atoms with Crippen LogP contribution in [0.2, 0.25) is 0 Å². The van der Waals surface area contributed by atoms with Crippen molar-refractivity contribution in [2.75, 3.05) is 7.05 Å². The Kier molecular flexibility index (Phi) is 7.25. The van der Waals surface area contributed by atoms with Crippen LogP contribution in [0.3, 0.4) is 0 Å². The summed E-state index contributed by atoms with van der Waals surface area (Å²) in [6.07, 6.45) is 2.37. The van der Waals surface area contributed by atoms with Crippen molar-refractivity contribution in [1.29, 1.82) is 0 Å². The third kappa shape index (κ3) is 5.48. The van der Waals surface area contributed by atoms with Crippen LogP contribution in [0.25, 0.3) is 0 Å². The molecule has 3 aromatic rings. The Bertz CT molecular complexity index is 978. The normalized spacial score (nSPS) is 12.9. The molecule has 156 valence electrons. The van der Waals surface area contributed by atoms with Crippen LogP contribution < -0.4 is 10.6 Å². The molecule has 0 radical (unpaired) electrons. The van der Waals surface area contributed by atoms with E-state index in [9.17, 15) is 13.6 Å². The Labute approximate surface area is 175 Å². The van der Waals surface area contributed by atoms with E-state index in [0.29, 0.717) is 18.4 Å². The number of aromatic nitrogens is 1. The Hall–Kier alpha value is -3.12. The number of amides is 1. The molecule has 0 saturated heterocycles. The van der Waals surface area contributed by atoms with Crippen LogP contribution in [0.1, 0.15) is 40.9 Å². The Morgan fingerprint density at radius 2 is 1.80 bits per heavy atom. The zero-order valence-corrected chi connectivity index (χ0v) is 17.0. The molecule has 1 aromatic heterocycles. The molecular weight excluding hydrogens is 384 g/mol. The zero-order valence-electron chi connectivity index (χ0n) is 17.0. The van der Waals surface area contributed by atoms with Crippen molar-refractivity contribution in [3.05, 3.63) is 101 Å². The Morgan fingerprint density at radius 1 is 1.03 bits per heavy atom. The molecule has 0 aliphatic rings. The molecule has 0 fully saturated rings. The van der Waals surface area contributed by atoms with Gasteiger partial charge >= 0.3 is 0 Å². The second kappa shape index (κ2) is 10.1. The van der Waals surface area contributed by atoms with E-state index < -0.39 is 6.04 Å². The molecule has 30 heavy (non-hydrogen) atoms. The van der Waals surface area contributed by atoms with Gasteiger partial charge in [-0.15, -0.1) is 0 Å². The minimum Gasteiger partial charge on any atom is -0.358 e. The van der Waals surface area contributed by atoms with Crippen LogP contribution in [-0.4, -0.2) is 17.9 Å². The molecular formula is C24H25F2N3O. The average molecular weight is 409 g/mol. The summed E-state index contributed by atoms with van der Waals surface area (Å²) >= 11 is 0. The number of rotatable bonds is 8. The maximum atomic E-state index is 13.8. The predicted molar refractivity (Wildman–Crippen MR) is 113 cm³/mol.